The van der Waals surface area contributed by atoms with Gasteiger partial charge in [0.25, 0.3) is 0 Å². The molecule has 0 spiro atoms. The van der Waals surface area contributed by atoms with Crippen molar-refractivity contribution in [1.82, 2.24) is 0 Å². The predicted octanol–water partition coefficient (Wildman–Crippen LogP) is 1.45. The minimum Gasteiger partial charge on any atom is -0.402 e. The van der Waals surface area contributed by atoms with Crippen molar-refractivity contribution in [2.45, 2.75) is 13.8 Å². The zero-order valence-electron chi connectivity index (χ0n) is 5.89. The second kappa shape index (κ2) is 3.89. The molecule has 0 unspecified atom stereocenters. The Morgan fingerprint density at radius 1 is 1.44 bits per heavy atom. The van der Waals surface area contributed by atoms with Gasteiger partial charge in [-0.1, -0.05) is 0 Å². The lowest BCUT2D eigenvalue weighted by Gasteiger charge is -1.86. The van der Waals surface area contributed by atoms with E-state index < -0.39 is 0 Å². The summed E-state index contributed by atoms with van der Waals surface area (Å²) in [7, 11) is 0. The molecule has 0 rings (SSSR count). The van der Waals surface area contributed by atoms with Gasteiger partial charge in [-0.25, -0.2) is 0 Å². The molecule has 0 atom stereocenters. The van der Waals surface area contributed by atoms with Crippen LogP contribution in [0.3, 0.4) is 0 Å². The van der Waals surface area contributed by atoms with Crippen LogP contribution in [0.15, 0.2) is 28.5 Å². The van der Waals surface area contributed by atoms with Crippen LogP contribution in [-0.2, 0) is 0 Å². The molecule has 2 nitrogen and oxygen atoms in total. The number of aliphatic imine (C=N–C) groups is 1. The van der Waals surface area contributed by atoms with Crippen LogP contribution >= 0.6 is 0 Å². The van der Waals surface area contributed by atoms with Crippen LogP contribution in [0, 0.1) is 0 Å². The van der Waals surface area contributed by atoms with E-state index in [9.17, 15) is 0 Å². The van der Waals surface area contributed by atoms with Gasteiger partial charge in [0.05, 0.1) is 0 Å². The Balaban J connectivity index is 3.98. The molecule has 0 radical (unpaired) electrons. The summed E-state index contributed by atoms with van der Waals surface area (Å²) in [5.41, 5.74) is 7.00. The Labute approximate surface area is 55.8 Å². The molecule has 0 amide bonds. The van der Waals surface area contributed by atoms with Gasteiger partial charge in [0.1, 0.15) is 0 Å². The summed E-state index contributed by atoms with van der Waals surface area (Å²) in [6, 6.07) is 0. The second-order valence-electron chi connectivity index (χ2n) is 1.88. The van der Waals surface area contributed by atoms with Crippen molar-refractivity contribution in [1.29, 1.82) is 0 Å². The third kappa shape index (κ3) is 4.81. The lowest BCUT2D eigenvalue weighted by Crippen LogP contribution is -1.87. The highest BCUT2D eigenvalue weighted by atomic mass is 14.7. The SMILES string of the molecule is C=N/C(C)=C\C=C(\C)N. The maximum atomic E-state index is 5.35. The third-order valence-electron chi connectivity index (χ3n) is 0.837. The van der Waals surface area contributed by atoms with Crippen molar-refractivity contribution in [3.8, 4) is 0 Å². The molecular weight excluding hydrogens is 112 g/mol. The van der Waals surface area contributed by atoms with E-state index in [1.54, 1.807) is 6.08 Å². The van der Waals surface area contributed by atoms with Gasteiger partial charge in [0, 0.05) is 11.4 Å². The van der Waals surface area contributed by atoms with Crippen LogP contribution in [-0.4, -0.2) is 6.72 Å². The average molecular weight is 124 g/mol. The average Bonchev–Trinajstić information content (AvgIpc) is 1.83. The molecule has 0 aromatic heterocycles. The first-order chi connectivity index (χ1) is 4.16. The molecule has 0 aromatic rings. The summed E-state index contributed by atoms with van der Waals surface area (Å²) >= 11 is 0. The van der Waals surface area contributed by atoms with Crippen LogP contribution < -0.4 is 5.73 Å². The molecule has 2 heteroatoms. The Morgan fingerprint density at radius 2 is 2.00 bits per heavy atom. The van der Waals surface area contributed by atoms with Crippen molar-refractivity contribution in [3.05, 3.63) is 23.5 Å². The molecule has 0 saturated carbocycles. The molecule has 50 valence electrons. The van der Waals surface area contributed by atoms with Crippen LogP contribution in [0.2, 0.25) is 0 Å². The van der Waals surface area contributed by atoms with E-state index >= 15 is 0 Å². The first-order valence-corrected chi connectivity index (χ1v) is 2.74. The quantitative estimate of drug-likeness (QED) is 0.439. The lowest BCUT2D eigenvalue weighted by molar-refractivity contribution is 1.28. The summed E-state index contributed by atoms with van der Waals surface area (Å²) in [5.74, 6) is 0. The minimum atomic E-state index is 0.776. The number of nitrogens with two attached hydrogens (primary N) is 1. The van der Waals surface area contributed by atoms with Crippen LogP contribution in [0.4, 0.5) is 0 Å². The van der Waals surface area contributed by atoms with Gasteiger partial charge in [0.2, 0.25) is 0 Å². The number of allylic oxidation sites excluding steroid dienone is 4. The van der Waals surface area contributed by atoms with Gasteiger partial charge >= 0.3 is 0 Å². The van der Waals surface area contributed by atoms with E-state index in [2.05, 4.69) is 11.7 Å². The Bertz CT molecular complexity index is 150. The van der Waals surface area contributed by atoms with E-state index in [0.717, 1.165) is 11.4 Å². The van der Waals surface area contributed by atoms with E-state index in [1.807, 2.05) is 19.9 Å². The van der Waals surface area contributed by atoms with Crippen molar-refractivity contribution >= 4 is 6.72 Å². The third-order valence-corrected chi connectivity index (χ3v) is 0.837. The van der Waals surface area contributed by atoms with Crippen molar-refractivity contribution in [2.24, 2.45) is 10.7 Å². The molecule has 0 aliphatic rings. The molecule has 2 N–H and O–H groups in total. The maximum absolute atomic E-state index is 5.35. The number of nitrogens with zero attached hydrogens (tertiary/aromatic N) is 1. The van der Waals surface area contributed by atoms with Crippen molar-refractivity contribution < 1.29 is 0 Å². The standard InChI is InChI=1S/C7H12N2/c1-6(8)4-5-7(2)9-3/h4-5H,3,8H2,1-2H3/b6-4-,7-5-. The van der Waals surface area contributed by atoms with E-state index in [-0.39, 0.29) is 0 Å². The Kier molecular flexibility index (Phi) is 3.44. The molecular formula is C7H12N2. The zero-order chi connectivity index (χ0) is 7.28. The smallest absolute Gasteiger partial charge is 0.0366 e. The molecule has 0 bridgehead atoms. The fourth-order valence-electron chi connectivity index (χ4n) is 0.305. The molecule has 0 aliphatic heterocycles. The summed E-state index contributed by atoms with van der Waals surface area (Å²) in [5, 5.41) is 0. The molecule has 0 aliphatic carbocycles. The molecule has 0 heterocycles. The highest BCUT2D eigenvalue weighted by Crippen LogP contribution is 1.93. The van der Waals surface area contributed by atoms with Crippen LogP contribution in [0.5, 0.6) is 0 Å². The van der Waals surface area contributed by atoms with Gasteiger partial charge in [-0.15, -0.1) is 0 Å². The first kappa shape index (κ1) is 7.95. The number of rotatable bonds is 2. The second-order valence-corrected chi connectivity index (χ2v) is 1.88. The molecule has 0 aromatic carbocycles. The van der Waals surface area contributed by atoms with E-state index in [1.165, 1.54) is 0 Å². The highest BCUT2D eigenvalue weighted by Gasteiger charge is 1.75. The first-order valence-electron chi connectivity index (χ1n) is 2.74. The fraction of sp³-hybridized carbons (Fsp3) is 0.286. The van der Waals surface area contributed by atoms with E-state index in [0.29, 0.717) is 0 Å². The summed E-state index contributed by atoms with van der Waals surface area (Å²) < 4.78 is 0. The van der Waals surface area contributed by atoms with Crippen LogP contribution in [0.1, 0.15) is 13.8 Å². The normalized spacial score (nSPS) is 13.6. The summed E-state index contributed by atoms with van der Waals surface area (Å²) in [4.78, 5) is 3.67. The Hall–Kier alpha value is -1.05. The lowest BCUT2D eigenvalue weighted by atomic mass is 10.4. The number of hydrogen-bond acceptors (Lipinski definition) is 2. The number of hydrogen-bond donors (Lipinski definition) is 1. The van der Waals surface area contributed by atoms with E-state index in [4.69, 9.17) is 5.73 Å². The van der Waals surface area contributed by atoms with Crippen molar-refractivity contribution in [3.63, 3.8) is 0 Å². The Morgan fingerprint density at radius 3 is 2.33 bits per heavy atom. The highest BCUT2D eigenvalue weighted by molar-refractivity contribution is 5.29. The van der Waals surface area contributed by atoms with Crippen LogP contribution in [0.25, 0.3) is 0 Å². The van der Waals surface area contributed by atoms with Gasteiger partial charge in [-0.3, -0.25) is 4.99 Å². The van der Waals surface area contributed by atoms with Crippen molar-refractivity contribution in [2.75, 3.05) is 0 Å². The fourth-order valence-corrected chi connectivity index (χ4v) is 0.305. The van der Waals surface area contributed by atoms with Gasteiger partial charge < -0.3 is 5.73 Å². The summed E-state index contributed by atoms with van der Waals surface area (Å²) in [6.07, 6.45) is 3.62. The predicted molar refractivity (Wildman–Crippen MR) is 41.3 cm³/mol. The molecule has 9 heavy (non-hydrogen) atoms. The largest absolute Gasteiger partial charge is 0.402 e. The minimum absolute atomic E-state index is 0.776. The van der Waals surface area contributed by atoms with Gasteiger partial charge in [0.15, 0.2) is 0 Å². The topological polar surface area (TPSA) is 38.4 Å². The monoisotopic (exact) mass is 124 g/mol. The van der Waals surface area contributed by atoms with Gasteiger partial charge in [-0.2, -0.15) is 0 Å². The zero-order valence-corrected chi connectivity index (χ0v) is 5.89. The molecule has 0 fully saturated rings. The van der Waals surface area contributed by atoms with Gasteiger partial charge in [-0.05, 0) is 32.7 Å². The summed E-state index contributed by atoms with van der Waals surface area (Å²) in [6.45, 7) is 7.04. The maximum Gasteiger partial charge on any atom is 0.0366 e. The molecule has 0 saturated heterocycles.